The second kappa shape index (κ2) is 5.59. The van der Waals surface area contributed by atoms with Crippen LogP contribution in [0.5, 0.6) is 0 Å². The average Bonchev–Trinajstić information content (AvgIpc) is 2.98. The predicted octanol–water partition coefficient (Wildman–Crippen LogP) is 3.03. The van der Waals surface area contributed by atoms with Crippen LogP contribution in [0.15, 0.2) is 10.8 Å². The normalized spacial score (nSPS) is 16.2. The first-order valence-corrected chi connectivity index (χ1v) is 8.26. The van der Waals surface area contributed by atoms with Crippen molar-refractivity contribution in [3.63, 3.8) is 0 Å². The molecule has 1 unspecified atom stereocenters. The largest absolute Gasteiger partial charge is 0.476 e. The Hall–Kier alpha value is -1.31. The number of nitrogens with one attached hydrogen (secondary N) is 1. The van der Waals surface area contributed by atoms with Crippen molar-refractivity contribution in [1.82, 2.24) is 15.3 Å². The summed E-state index contributed by atoms with van der Waals surface area (Å²) in [5, 5.41) is 17.8. The van der Waals surface area contributed by atoms with E-state index in [1.54, 1.807) is 16.7 Å². The number of hydrogen-bond acceptors (Lipinski definition) is 6. The number of nitrogens with zero attached hydrogens (tertiary/aromatic N) is 2. The third kappa shape index (κ3) is 3.05. The van der Waals surface area contributed by atoms with Gasteiger partial charge in [-0.05, 0) is 19.8 Å². The van der Waals surface area contributed by atoms with E-state index in [4.69, 9.17) is 5.11 Å². The van der Waals surface area contributed by atoms with Crippen molar-refractivity contribution in [3.05, 3.63) is 32.2 Å². The number of hydrogen-bond donors (Lipinski definition) is 2. The molecule has 2 heterocycles. The zero-order valence-electron chi connectivity index (χ0n) is 11.0. The Kier molecular flexibility index (Phi) is 3.82. The molecule has 1 fully saturated rings. The highest BCUT2D eigenvalue weighted by atomic mass is 32.1. The van der Waals surface area contributed by atoms with E-state index in [0.717, 1.165) is 10.0 Å². The van der Waals surface area contributed by atoms with E-state index in [0.29, 0.717) is 12.5 Å². The van der Waals surface area contributed by atoms with Gasteiger partial charge in [0.1, 0.15) is 10.0 Å². The highest BCUT2D eigenvalue weighted by Gasteiger charge is 2.26. The predicted molar refractivity (Wildman–Crippen MR) is 78.4 cm³/mol. The maximum atomic E-state index is 10.8. The van der Waals surface area contributed by atoms with Crippen molar-refractivity contribution in [1.29, 1.82) is 0 Å². The van der Waals surface area contributed by atoms with Gasteiger partial charge in [-0.1, -0.05) is 0 Å². The van der Waals surface area contributed by atoms with E-state index in [1.807, 2.05) is 6.92 Å². The molecule has 0 aliphatic heterocycles. The monoisotopic (exact) mass is 309 g/mol. The summed E-state index contributed by atoms with van der Waals surface area (Å²) in [5.41, 5.74) is 1.34. The number of thiazole rings is 2. The molecule has 3 rings (SSSR count). The molecule has 2 aromatic rings. The van der Waals surface area contributed by atoms with Crippen LogP contribution in [0.1, 0.15) is 57.9 Å². The molecular formula is C13H15N3O2S2. The molecule has 0 aromatic carbocycles. The molecular weight excluding hydrogens is 294 g/mol. The maximum absolute atomic E-state index is 10.8. The van der Waals surface area contributed by atoms with Crippen molar-refractivity contribution in [2.24, 2.45) is 0 Å². The van der Waals surface area contributed by atoms with E-state index >= 15 is 0 Å². The molecule has 1 aliphatic rings. The van der Waals surface area contributed by atoms with Crippen molar-refractivity contribution < 1.29 is 9.90 Å². The minimum absolute atomic E-state index is 0.0291. The van der Waals surface area contributed by atoms with Crippen LogP contribution in [0.3, 0.4) is 0 Å². The topological polar surface area (TPSA) is 75.1 Å². The lowest BCUT2D eigenvalue weighted by molar-refractivity contribution is 0.0691. The van der Waals surface area contributed by atoms with Gasteiger partial charge in [0, 0.05) is 23.2 Å². The average molecular weight is 309 g/mol. The summed E-state index contributed by atoms with van der Waals surface area (Å²) in [7, 11) is 0. The molecule has 1 saturated carbocycles. The lowest BCUT2D eigenvalue weighted by atomic mass is 10.3. The zero-order valence-corrected chi connectivity index (χ0v) is 12.6. The first-order chi connectivity index (χ1) is 9.63. The van der Waals surface area contributed by atoms with Crippen LogP contribution < -0.4 is 5.32 Å². The number of rotatable bonds is 6. The number of carboxylic acid groups (broad SMARTS) is 1. The van der Waals surface area contributed by atoms with Gasteiger partial charge in [0.05, 0.1) is 11.7 Å². The van der Waals surface area contributed by atoms with Crippen molar-refractivity contribution in [2.75, 3.05) is 0 Å². The fourth-order valence-electron chi connectivity index (χ4n) is 1.89. The van der Waals surface area contributed by atoms with Crippen LogP contribution in [0.25, 0.3) is 0 Å². The lowest BCUT2D eigenvalue weighted by Gasteiger charge is -2.09. The highest BCUT2D eigenvalue weighted by molar-refractivity contribution is 7.10. The molecule has 106 valence electrons. The third-order valence-corrected chi connectivity index (χ3v) is 5.13. The first kappa shape index (κ1) is 13.7. The van der Waals surface area contributed by atoms with Crippen molar-refractivity contribution >= 4 is 28.6 Å². The van der Waals surface area contributed by atoms with Gasteiger partial charge in [-0.2, -0.15) is 0 Å². The Morgan fingerprint density at radius 2 is 2.25 bits per heavy atom. The van der Waals surface area contributed by atoms with Gasteiger partial charge in [0.2, 0.25) is 0 Å². The number of carbonyl (C=O) groups is 1. The van der Waals surface area contributed by atoms with Crippen molar-refractivity contribution in [2.45, 2.75) is 38.3 Å². The molecule has 0 spiro atoms. The molecule has 0 bridgehead atoms. The zero-order chi connectivity index (χ0) is 14.1. The van der Waals surface area contributed by atoms with Crippen LogP contribution in [-0.4, -0.2) is 21.0 Å². The van der Waals surface area contributed by atoms with Gasteiger partial charge in [0.25, 0.3) is 0 Å². The summed E-state index contributed by atoms with van der Waals surface area (Å²) in [5.74, 6) is -0.289. The molecule has 2 aromatic heterocycles. The van der Waals surface area contributed by atoms with E-state index in [9.17, 15) is 4.79 Å². The van der Waals surface area contributed by atoms with Crippen LogP contribution in [0, 0.1) is 0 Å². The van der Waals surface area contributed by atoms with E-state index < -0.39 is 5.97 Å². The fraction of sp³-hybridized carbons (Fsp3) is 0.462. The molecule has 20 heavy (non-hydrogen) atoms. The second-order valence-corrected chi connectivity index (χ2v) is 6.75. The molecule has 0 radical (unpaired) electrons. The quantitative estimate of drug-likeness (QED) is 0.858. The van der Waals surface area contributed by atoms with Gasteiger partial charge in [0.15, 0.2) is 5.69 Å². The summed E-state index contributed by atoms with van der Waals surface area (Å²) in [6.07, 6.45) is 2.54. The van der Waals surface area contributed by atoms with Crippen LogP contribution >= 0.6 is 22.7 Å². The fourth-order valence-corrected chi connectivity index (χ4v) is 3.54. The first-order valence-electron chi connectivity index (χ1n) is 6.50. The van der Waals surface area contributed by atoms with Gasteiger partial charge < -0.3 is 10.4 Å². The summed E-state index contributed by atoms with van der Waals surface area (Å²) >= 11 is 3.05. The van der Waals surface area contributed by atoms with Crippen LogP contribution in [0.4, 0.5) is 0 Å². The standard InChI is InChI=1S/C13H15N3O2S2/c1-7(12-16-10(6-20-12)13(17)18)14-4-11-15-9(5-19-11)8-2-3-8/h5-8,14H,2-4H2,1H3,(H,17,18). The Bertz CT molecular complexity index is 619. The highest BCUT2D eigenvalue weighted by Crippen LogP contribution is 2.40. The van der Waals surface area contributed by atoms with E-state index in [-0.39, 0.29) is 11.7 Å². The number of aromatic nitrogens is 2. The van der Waals surface area contributed by atoms with Gasteiger partial charge >= 0.3 is 5.97 Å². The molecule has 7 heteroatoms. The lowest BCUT2D eigenvalue weighted by Crippen LogP contribution is -2.18. The van der Waals surface area contributed by atoms with E-state index in [1.165, 1.54) is 29.9 Å². The number of carboxylic acids is 1. The minimum atomic E-state index is -0.978. The molecule has 1 aliphatic carbocycles. The van der Waals surface area contributed by atoms with Crippen LogP contribution in [-0.2, 0) is 6.54 Å². The second-order valence-electron chi connectivity index (χ2n) is 4.92. The Morgan fingerprint density at radius 3 is 2.90 bits per heavy atom. The molecule has 5 nitrogen and oxygen atoms in total. The Morgan fingerprint density at radius 1 is 1.45 bits per heavy atom. The molecule has 2 N–H and O–H groups in total. The third-order valence-electron chi connectivity index (χ3n) is 3.24. The van der Waals surface area contributed by atoms with Crippen molar-refractivity contribution in [3.8, 4) is 0 Å². The van der Waals surface area contributed by atoms with Gasteiger partial charge in [-0.15, -0.1) is 22.7 Å². The summed E-state index contributed by atoms with van der Waals surface area (Å²) in [6, 6.07) is 0.0291. The van der Waals surface area contributed by atoms with Crippen LogP contribution in [0.2, 0.25) is 0 Å². The minimum Gasteiger partial charge on any atom is -0.476 e. The molecule has 0 saturated heterocycles. The summed E-state index contributed by atoms with van der Waals surface area (Å²) in [6.45, 7) is 2.68. The SMILES string of the molecule is CC(NCc1nc(C2CC2)cs1)c1nc(C(=O)O)cs1. The molecule has 0 amide bonds. The Labute approximate surface area is 124 Å². The van der Waals surface area contributed by atoms with Gasteiger partial charge in [-0.3, -0.25) is 0 Å². The molecule has 1 atom stereocenters. The Balaban J connectivity index is 1.57. The van der Waals surface area contributed by atoms with Gasteiger partial charge in [-0.25, -0.2) is 14.8 Å². The number of aromatic carboxylic acids is 1. The smallest absolute Gasteiger partial charge is 0.355 e. The maximum Gasteiger partial charge on any atom is 0.355 e. The summed E-state index contributed by atoms with van der Waals surface area (Å²) in [4.78, 5) is 19.5. The summed E-state index contributed by atoms with van der Waals surface area (Å²) < 4.78 is 0. The van der Waals surface area contributed by atoms with E-state index in [2.05, 4.69) is 20.7 Å².